The first-order valence-electron chi connectivity index (χ1n) is 7.25. The van der Waals surface area contributed by atoms with Crippen molar-refractivity contribution < 1.29 is 9.53 Å². The van der Waals surface area contributed by atoms with Crippen LogP contribution in [0, 0.1) is 17.2 Å². The van der Waals surface area contributed by atoms with E-state index in [2.05, 4.69) is 28.0 Å². The number of hydrogen-bond donors (Lipinski definition) is 0. The Morgan fingerprint density at radius 3 is 2.81 bits per heavy atom. The van der Waals surface area contributed by atoms with Gasteiger partial charge in [0.1, 0.15) is 6.04 Å². The van der Waals surface area contributed by atoms with Crippen LogP contribution in [0.2, 0.25) is 0 Å². The maximum Gasteiger partial charge on any atom is 0.323 e. The molecule has 0 bridgehead atoms. The summed E-state index contributed by atoms with van der Waals surface area (Å²) < 4.78 is 4.88. The second kappa shape index (κ2) is 5.84. The summed E-state index contributed by atoms with van der Waals surface area (Å²) in [7, 11) is 1.41. The molecule has 2 saturated heterocycles. The average Bonchev–Trinajstić information content (AvgIpc) is 3.08. The van der Waals surface area contributed by atoms with Crippen molar-refractivity contribution in [1.82, 2.24) is 9.80 Å². The highest BCUT2D eigenvalue weighted by molar-refractivity contribution is 5.76. The zero-order chi connectivity index (χ0) is 14.8. The summed E-state index contributed by atoms with van der Waals surface area (Å²) in [6.45, 7) is 2.51. The molecule has 1 aromatic carbocycles. The van der Waals surface area contributed by atoms with E-state index < -0.39 is 0 Å². The molecule has 0 N–H and O–H groups in total. The van der Waals surface area contributed by atoms with E-state index in [1.807, 2.05) is 18.2 Å². The molecule has 2 heterocycles. The topological polar surface area (TPSA) is 56.6 Å². The Balaban J connectivity index is 1.78. The summed E-state index contributed by atoms with van der Waals surface area (Å²) in [6.07, 6.45) is 0.596. The van der Waals surface area contributed by atoms with Crippen molar-refractivity contribution in [3.05, 3.63) is 35.9 Å². The van der Waals surface area contributed by atoms with Crippen molar-refractivity contribution in [3.63, 3.8) is 0 Å². The number of ether oxygens (including phenoxy) is 1. The van der Waals surface area contributed by atoms with E-state index in [0.29, 0.717) is 6.42 Å². The van der Waals surface area contributed by atoms with Crippen LogP contribution in [0.3, 0.4) is 0 Å². The SMILES string of the molecule is COC(=O)C1CC(C#N)C2N(Cc3ccccc3)CCN12. The lowest BCUT2D eigenvalue weighted by molar-refractivity contribution is -0.146. The predicted octanol–water partition coefficient (Wildman–Crippen LogP) is 1.22. The van der Waals surface area contributed by atoms with Crippen LogP contribution in [-0.4, -0.2) is 48.2 Å². The van der Waals surface area contributed by atoms with Crippen molar-refractivity contribution >= 4 is 5.97 Å². The van der Waals surface area contributed by atoms with E-state index in [1.165, 1.54) is 12.7 Å². The van der Waals surface area contributed by atoms with Crippen LogP contribution >= 0.6 is 0 Å². The van der Waals surface area contributed by atoms with Crippen LogP contribution in [0.15, 0.2) is 30.3 Å². The van der Waals surface area contributed by atoms with E-state index in [9.17, 15) is 10.1 Å². The van der Waals surface area contributed by atoms with Gasteiger partial charge in [0, 0.05) is 19.6 Å². The molecule has 5 nitrogen and oxygen atoms in total. The Kier molecular flexibility index (Phi) is 3.91. The van der Waals surface area contributed by atoms with Crippen LogP contribution < -0.4 is 0 Å². The third-order valence-electron chi connectivity index (χ3n) is 4.46. The number of hydrogen-bond acceptors (Lipinski definition) is 5. The van der Waals surface area contributed by atoms with Crippen molar-refractivity contribution in [2.75, 3.05) is 20.2 Å². The van der Waals surface area contributed by atoms with E-state index in [4.69, 9.17) is 4.74 Å². The molecule has 0 aromatic heterocycles. The highest BCUT2D eigenvalue weighted by Crippen LogP contribution is 2.36. The Bertz CT molecular complexity index is 554. The molecule has 2 aliphatic heterocycles. The molecule has 0 radical (unpaired) electrons. The molecule has 21 heavy (non-hydrogen) atoms. The molecule has 0 saturated carbocycles. The largest absolute Gasteiger partial charge is 0.468 e. The minimum atomic E-state index is -0.273. The first kappa shape index (κ1) is 14.1. The lowest BCUT2D eigenvalue weighted by atomic mass is 10.0. The number of benzene rings is 1. The number of methoxy groups -OCH3 is 1. The Labute approximate surface area is 124 Å². The third-order valence-corrected chi connectivity index (χ3v) is 4.46. The van der Waals surface area contributed by atoms with Crippen molar-refractivity contribution in [2.45, 2.75) is 25.2 Å². The second-order valence-electron chi connectivity index (χ2n) is 5.62. The number of rotatable bonds is 3. The van der Waals surface area contributed by atoms with E-state index in [0.717, 1.165) is 19.6 Å². The minimum absolute atomic E-state index is 0.0271. The summed E-state index contributed by atoms with van der Waals surface area (Å²) in [5, 5.41) is 9.41. The van der Waals surface area contributed by atoms with Crippen molar-refractivity contribution in [3.8, 4) is 6.07 Å². The molecule has 0 amide bonds. The molecular formula is C16H19N3O2. The lowest BCUT2D eigenvalue weighted by Gasteiger charge is -2.27. The van der Waals surface area contributed by atoms with Gasteiger partial charge in [-0.25, -0.2) is 0 Å². The van der Waals surface area contributed by atoms with E-state index in [-0.39, 0.29) is 24.1 Å². The molecule has 2 aliphatic rings. The van der Waals surface area contributed by atoms with Crippen LogP contribution in [0.4, 0.5) is 0 Å². The molecule has 0 spiro atoms. The van der Waals surface area contributed by atoms with Gasteiger partial charge in [0.25, 0.3) is 0 Å². The van der Waals surface area contributed by atoms with Gasteiger partial charge >= 0.3 is 5.97 Å². The number of nitrogens with zero attached hydrogens (tertiary/aromatic N) is 3. The lowest BCUT2D eigenvalue weighted by Crippen LogP contribution is -2.42. The van der Waals surface area contributed by atoms with Gasteiger partial charge in [-0.15, -0.1) is 0 Å². The van der Waals surface area contributed by atoms with Crippen LogP contribution in [0.1, 0.15) is 12.0 Å². The van der Waals surface area contributed by atoms with Gasteiger partial charge in [-0.1, -0.05) is 30.3 Å². The van der Waals surface area contributed by atoms with Gasteiger partial charge in [-0.3, -0.25) is 14.6 Å². The van der Waals surface area contributed by atoms with Crippen molar-refractivity contribution in [2.24, 2.45) is 5.92 Å². The van der Waals surface area contributed by atoms with Gasteiger partial charge in [-0.2, -0.15) is 5.26 Å². The quantitative estimate of drug-likeness (QED) is 0.782. The second-order valence-corrected chi connectivity index (χ2v) is 5.62. The van der Waals surface area contributed by atoms with Gasteiger partial charge in [0.15, 0.2) is 0 Å². The molecule has 5 heteroatoms. The summed E-state index contributed by atoms with van der Waals surface area (Å²) in [6, 6.07) is 12.3. The minimum Gasteiger partial charge on any atom is -0.468 e. The van der Waals surface area contributed by atoms with E-state index >= 15 is 0 Å². The standard InChI is InChI=1S/C16H19N3O2/c1-21-16(20)14-9-13(10-17)15-18(7-8-19(14)15)11-12-5-3-2-4-6-12/h2-6,13-15H,7-9,11H2,1H3. The third kappa shape index (κ3) is 2.53. The van der Waals surface area contributed by atoms with Crippen molar-refractivity contribution in [1.29, 1.82) is 5.26 Å². The molecule has 110 valence electrons. The Morgan fingerprint density at radius 1 is 1.38 bits per heavy atom. The number of fused-ring (bicyclic) bond motifs is 1. The summed E-state index contributed by atoms with van der Waals surface area (Å²) in [4.78, 5) is 16.3. The molecule has 3 atom stereocenters. The van der Waals surface area contributed by atoms with Crippen LogP contribution in [-0.2, 0) is 16.1 Å². The molecule has 3 rings (SSSR count). The fourth-order valence-electron chi connectivity index (χ4n) is 3.52. The molecule has 0 aliphatic carbocycles. The molecule has 2 fully saturated rings. The molecular weight excluding hydrogens is 266 g/mol. The molecule has 1 aromatic rings. The Morgan fingerprint density at radius 2 is 2.14 bits per heavy atom. The number of carbonyl (C=O) groups is 1. The van der Waals surface area contributed by atoms with Gasteiger partial charge in [0.2, 0.25) is 0 Å². The summed E-state index contributed by atoms with van der Waals surface area (Å²) in [5.41, 5.74) is 1.23. The van der Waals surface area contributed by atoms with Gasteiger partial charge in [0.05, 0.1) is 25.3 Å². The van der Waals surface area contributed by atoms with Crippen LogP contribution in [0.25, 0.3) is 0 Å². The zero-order valence-corrected chi connectivity index (χ0v) is 12.1. The number of nitriles is 1. The van der Waals surface area contributed by atoms with E-state index in [1.54, 1.807) is 0 Å². The highest BCUT2D eigenvalue weighted by atomic mass is 16.5. The summed E-state index contributed by atoms with van der Waals surface area (Å²) in [5.74, 6) is -0.361. The smallest absolute Gasteiger partial charge is 0.323 e. The first-order valence-corrected chi connectivity index (χ1v) is 7.25. The maximum atomic E-state index is 11.9. The number of carbonyl (C=O) groups excluding carboxylic acids is 1. The van der Waals surface area contributed by atoms with Crippen LogP contribution in [0.5, 0.6) is 0 Å². The average molecular weight is 285 g/mol. The molecule has 3 unspecified atom stereocenters. The van der Waals surface area contributed by atoms with Gasteiger partial charge in [-0.05, 0) is 12.0 Å². The zero-order valence-electron chi connectivity index (χ0n) is 12.1. The fraction of sp³-hybridized carbons (Fsp3) is 0.500. The first-order chi connectivity index (χ1) is 10.2. The predicted molar refractivity (Wildman–Crippen MR) is 76.9 cm³/mol. The highest BCUT2D eigenvalue weighted by Gasteiger charge is 2.50. The maximum absolute atomic E-state index is 11.9. The number of esters is 1. The summed E-state index contributed by atoms with van der Waals surface area (Å²) >= 11 is 0. The van der Waals surface area contributed by atoms with Gasteiger partial charge < -0.3 is 4.74 Å². The fourth-order valence-corrected chi connectivity index (χ4v) is 3.52. The monoisotopic (exact) mass is 285 g/mol. The normalized spacial score (nSPS) is 29.0. The Hall–Kier alpha value is -1.90.